The van der Waals surface area contributed by atoms with Gasteiger partial charge in [0.2, 0.25) is 0 Å². The lowest BCUT2D eigenvalue weighted by molar-refractivity contribution is 0.770. The van der Waals surface area contributed by atoms with Crippen LogP contribution in [0.5, 0.6) is 0 Å². The fourth-order valence-electron chi connectivity index (χ4n) is 5.60. The molecule has 0 spiro atoms. The van der Waals surface area contributed by atoms with E-state index in [4.69, 9.17) is 0 Å². The third-order valence-electron chi connectivity index (χ3n) is 6.91. The Labute approximate surface area is 189 Å². The molecule has 0 bridgehead atoms. The fraction of sp³-hybridized carbons (Fsp3) is 0.0625. The second kappa shape index (κ2) is 7.35. The summed E-state index contributed by atoms with van der Waals surface area (Å²) in [5.74, 6) is 0. The summed E-state index contributed by atoms with van der Waals surface area (Å²) in [6.45, 7) is 2.21. The molecular weight excluding hydrogens is 384 g/mol. The number of rotatable bonds is 3. The molecule has 0 aromatic heterocycles. The Kier molecular flexibility index (Phi) is 4.33. The molecule has 0 heteroatoms. The Morgan fingerprint density at radius 3 is 1.50 bits per heavy atom. The van der Waals surface area contributed by atoms with Crippen LogP contribution in [-0.4, -0.2) is 0 Å². The number of fused-ring (bicyclic) bond motifs is 3. The van der Waals surface area contributed by atoms with Gasteiger partial charge >= 0.3 is 0 Å². The van der Waals surface area contributed by atoms with Crippen molar-refractivity contribution < 1.29 is 0 Å². The molecule has 1 aliphatic carbocycles. The van der Waals surface area contributed by atoms with Crippen molar-refractivity contribution in [3.05, 3.63) is 155 Å². The van der Waals surface area contributed by atoms with E-state index in [-0.39, 0.29) is 5.41 Å². The summed E-state index contributed by atoms with van der Waals surface area (Å²) in [6.07, 6.45) is 0. The molecule has 0 fully saturated rings. The van der Waals surface area contributed by atoms with Crippen LogP contribution in [0.15, 0.2) is 127 Å². The zero-order chi connectivity index (χ0) is 21.5. The van der Waals surface area contributed by atoms with E-state index in [0.29, 0.717) is 0 Å². The lowest BCUT2D eigenvalue weighted by Crippen LogP contribution is -2.29. The topological polar surface area (TPSA) is 0 Å². The predicted molar refractivity (Wildman–Crippen MR) is 134 cm³/mol. The van der Waals surface area contributed by atoms with Gasteiger partial charge in [-0.2, -0.15) is 0 Å². The molecule has 0 saturated heterocycles. The van der Waals surface area contributed by atoms with Gasteiger partial charge < -0.3 is 0 Å². The zero-order valence-corrected chi connectivity index (χ0v) is 18.1. The van der Waals surface area contributed by atoms with Crippen molar-refractivity contribution in [1.29, 1.82) is 0 Å². The van der Waals surface area contributed by atoms with Gasteiger partial charge in [-0.1, -0.05) is 127 Å². The van der Waals surface area contributed by atoms with E-state index in [2.05, 4.69) is 134 Å². The molecule has 0 saturated carbocycles. The van der Waals surface area contributed by atoms with Crippen LogP contribution in [0.25, 0.3) is 22.3 Å². The summed E-state index contributed by atoms with van der Waals surface area (Å²) in [4.78, 5) is 0. The zero-order valence-electron chi connectivity index (χ0n) is 18.1. The Morgan fingerprint density at radius 2 is 0.875 bits per heavy atom. The SMILES string of the molecule is Cc1ccccc1-c1cccc2c1C(c1ccccc1)(c1ccccc1)c1ccccc1-2. The molecule has 5 aromatic carbocycles. The molecule has 0 nitrogen and oxygen atoms in total. The van der Waals surface area contributed by atoms with Crippen molar-refractivity contribution in [3.63, 3.8) is 0 Å². The van der Waals surface area contributed by atoms with Crippen LogP contribution in [0, 0.1) is 6.92 Å². The van der Waals surface area contributed by atoms with E-state index in [1.54, 1.807) is 0 Å². The molecule has 0 atom stereocenters. The lowest BCUT2D eigenvalue weighted by atomic mass is 9.66. The molecule has 0 heterocycles. The van der Waals surface area contributed by atoms with Gasteiger partial charge in [0, 0.05) is 0 Å². The van der Waals surface area contributed by atoms with Gasteiger partial charge in [-0.3, -0.25) is 0 Å². The molecule has 0 unspecified atom stereocenters. The highest BCUT2D eigenvalue weighted by Crippen LogP contribution is 2.58. The molecule has 0 N–H and O–H groups in total. The maximum Gasteiger partial charge on any atom is 0.0719 e. The highest BCUT2D eigenvalue weighted by atomic mass is 14.5. The Hall–Kier alpha value is -3.90. The molecule has 0 radical (unpaired) electrons. The van der Waals surface area contributed by atoms with Crippen molar-refractivity contribution in [2.75, 3.05) is 0 Å². The number of hydrogen-bond acceptors (Lipinski definition) is 0. The molecule has 1 aliphatic rings. The molecule has 32 heavy (non-hydrogen) atoms. The maximum atomic E-state index is 2.32. The number of benzene rings is 5. The second-order valence-electron chi connectivity index (χ2n) is 8.57. The van der Waals surface area contributed by atoms with Crippen LogP contribution < -0.4 is 0 Å². The maximum absolute atomic E-state index is 2.32. The van der Waals surface area contributed by atoms with Crippen molar-refractivity contribution in [1.82, 2.24) is 0 Å². The summed E-state index contributed by atoms with van der Waals surface area (Å²) < 4.78 is 0. The summed E-state index contributed by atoms with van der Waals surface area (Å²) in [5.41, 5.74) is 11.5. The average Bonchev–Trinajstić information content (AvgIpc) is 3.17. The molecular formula is C32H24. The largest absolute Gasteiger partial charge is 0.0719 e. The molecule has 6 rings (SSSR count). The minimum absolute atomic E-state index is 0.368. The lowest BCUT2D eigenvalue weighted by Gasteiger charge is -2.35. The van der Waals surface area contributed by atoms with Crippen LogP contribution in [0.1, 0.15) is 27.8 Å². The normalized spacial score (nSPS) is 13.4. The van der Waals surface area contributed by atoms with Crippen molar-refractivity contribution >= 4 is 0 Å². The Balaban J connectivity index is 1.83. The summed E-state index contributed by atoms with van der Waals surface area (Å²) in [6, 6.07) is 46.5. The molecule has 152 valence electrons. The van der Waals surface area contributed by atoms with Gasteiger partial charge in [-0.25, -0.2) is 0 Å². The first-order chi connectivity index (χ1) is 15.8. The number of aryl methyl sites for hydroxylation is 1. The Morgan fingerprint density at radius 1 is 0.406 bits per heavy atom. The molecule has 0 amide bonds. The predicted octanol–water partition coefficient (Wildman–Crippen LogP) is 8.03. The third kappa shape index (κ3) is 2.56. The first-order valence-corrected chi connectivity index (χ1v) is 11.2. The van der Waals surface area contributed by atoms with Crippen molar-refractivity contribution in [2.45, 2.75) is 12.3 Å². The quantitative estimate of drug-likeness (QED) is 0.278. The van der Waals surface area contributed by atoms with Gasteiger partial charge in [0.15, 0.2) is 0 Å². The van der Waals surface area contributed by atoms with Gasteiger partial charge in [-0.15, -0.1) is 0 Å². The van der Waals surface area contributed by atoms with E-state index in [9.17, 15) is 0 Å². The van der Waals surface area contributed by atoms with E-state index in [1.165, 1.54) is 50.1 Å². The molecule has 5 aromatic rings. The first kappa shape index (κ1) is 18.8. The standard InChI is InChI=1S/C32H24/c1-23-13-8-9-18-26(23)28-20-12-21-29-27-19-10-11-22-30(27)32(31(28)29,24-14-4-2-5-15-24)25-16-6-3-7-17-25/h2-22H,1H3. The minimum atomic E-state index is -0.368. The molecule has 0 aliphatic heterocycles. The van der Waals surface area contributed by atoms with Gasteiger partial charge in [0.05, 0.1) is 5.41 Å². The third-order valence-corrected chi connectivity index (χ3v) is 6.91. The van der Waals surface area contributed by atoms with E-state index in [0.717, 1.165) is 0 Å². The van der Waals surface area contributed by atoms with E-state index >= 15 is 0 Å². The van der Waals surface area contributed by atoms with E-state index in [1.807, 2.05) is 0 Å². The highest BCUT2D eigenvalue weighted by molar-refractivity contribution is 5.92. The fourth-order valence-corrected chi connectivity index (χ4v) is 5.60. The average molecular weight is 409 g/mol. The summed E-state index contributed by atoms with van der Waals surface area (Å²) >= 11 is 0. The van der Waals surface area contributed by atoms with Gasteiger partial charge in [0.25, 0.3) is 0 Å². The smallest absolute Gasteiger partial charge is 0.0622 e. The monoisotopic (exact) mass is 408 g/mol. The summed E-state index contributed by atoms with van der Waals surface area (Å²) in [5, 5.41) is 0. The van der Waals surface area contributed by atoms with Gasteiger partial charge in [0.1, 0.15) is 0 Å². The van der Waals surface area contributed by atoms with E-state index < -0.39 is 0 Å². The van der Waals surface area contributed by atoms with Crippen LogP contribution >= 0.6 is 0 Å². The van der Waals surface area contributed by atoms with Crippen LogP contribution in [0.2, 0.25) is 0 Å². The van der Waals surface area contributed by atoms with Crippen LogP contribution in [0.4, 0.5) is 0 Å². The minimum Gasteiger partial charge on any atom is -0.0622 e. The highest BCUT2D eigenvalue weighted by Gasteiger charge is 2.47. The summed E-state index contributed by atoms with van der Waals surface area (Å²) in [7, 11) is 0. The second-order valence-corrected chi connectivity index (χ2v) is 8.57. The number of hydrogen-bond donors (Lipinski definition) is 0. The van der Waals surface area contributed by atoms with Crippen molar-refractivity contribution in [2.24, 2.45) is 0 Å². The Bertz CT molecular complexity index is 1370. The van der Waals surface area contributed by atoms with Crippen molar-refractivity contribution in [3.8, 4) is 22.3 Å². The first-order valence-electron chi connectivity index (χ1n) is 11.2. The van der Waals surface area contributed by atoms with Gasteiger partial charge in [-0.05, 0) is 57.0 Å². The van der Waals surface area contributed by atoms with Crippen LogP contribution in [0.3, 0.4) is 0 Å². The van der Waals surface area contributed by atoms with Crippen LogP contribution in [-0.2, 0) is 5.41 Å².